The number of anilines is 1. The lowest BCUT2D eigenvalue weighted by Crippen LogP contribution is -2.31. The van der Waals surface area contributed by atoms with Crippen LogP contribution >= 0.6 is 11.8 Å². The van der Waals surface area contributed by atoms with Crippen LogP contribution in [0.3, 0.4) is 0 Å². The van der Waals surface area contributed by atoms with Gasteiger partial charge in [-0.15, -0.1) is 11.8 Å². The number of benzene rings is 6. The van der Waals surface area contributed by atoms with Crippen LogP contribution in [-0.2, 0) is 22.6 Å². The van der Waals surface area contributed by atoms with Gasteiger partial charge in [-0.25, -0.2) is 9.59 Å². The Balaban J connectivity index is 1.01. The zero-order valence-electron chi connectivity index (χ0n) is 29.8. The van der Waals surface area contributed by atoms with Crippen LogP contribution in [0.15, 0.2) is 157 Å². The fraction of sp³-hybridized carbons (Fsp3) is 0.156. The molecule has 0 aliphatic carbocycles. The summed E-state index contributed by atoms with van der Waals surface area (Å²) in [6, 6.07) is 47.1. The van der Waals surface area contributed by atoms with Crippen LogP contribution in [0.25, 0.3) is 11.1 Å². The highest BCUT2D eigenvalue weighted by molar-refractivity contribution is 7.99. The molecule has 9 nitrogen and oxygen atoms in total. The van der Waals surface area contributed by atoms with Gasteiger partial charge in [-0.2, -0.15) is 0 Å². The zero-order chi connectivity index (χ0) is 38.0. The van der Waals surface area contributed by atoms with E-state index in [1.807, 2.05) is 109 Å². The highest BCUT2D eigenvalue weighted by atomic mass is 32.2. The van der Waals surface area contributed by atoms with E-state index < -0.39 is 12.3 Å². The third kappa shape index (κ3) is 10.00. The summed E-state index contributed by atoms with van der Waals surface area (Å²) in [7, 11) is 0. The second-order valence-corrected chi connectivity index (χ2v) is 14.1. The van der Waals surface area contributed by atoms with Gasteiger partial charge < -0.3 is 35.1 Å². The van der Waals surface area contributed by atoms with Crippen LogP contribution in [0, 0.1) is 0 Å². The predicted octanol–water partition coefficient (Wildman–Crippen LogP) is 10.00. The van der Waals surface area contributed by atoms with E-state index in [-0.39, 0.29) is 30.4 Å². The van der Waals surface area contributed by atoms with Crippen molar-refractivity contribution in [3.8, 4) is 22.6 Å². The van der Waals surface area contributed by atoms with Gasteiger partial charge in [-0.1, -0.05) is 91.0 Å². The van der Waals surface area contributed by atoms with Crippen LogP contribution in [0.4, 0.5) is 10.5 Å². The number of ether oxygens (including phenoxy) is 3. The standard InChI is InChI=1S/C45H40N2O7S/c48-28-30-16-18-32(19-17-30)41-26-39(29-55-42-15-5-4-14-40(42)43(49)50)53-44(54-41)35-11-7-10-34(25-35)33-9-6-8-31(24-33)27-46-45(51)47-36-20-22-38(23-21-36)52-37-12-2-1-3-13-37/h1-25,39,41,44,48H,26-29H2,(H,49,50)(H2,46,47,51)/t39-,41+,44+/m1/s1. The van der Waals surface area contributed by atoms with Crippen molar-refractivity contribution in [3.05, 3.63) is 179 Å². The van der Waals surface area contributed by atoms with Crippen LogP contribution in [-0.4, -0.2) is 34.1 Å². The van der Waals surface area contributed by atoms with Gasteiger partial charge in [0.1, 0.15) is 11.5 Å². The van der Waals surface area contributed by atoms with E-state index in [1.165, 1.54) is 11.8 Å². The Labute approximate surface area is 323 Å². The maximum atomic E-state index is 12.8. The van der Waals surface area contributed by atoms with E-state index in [2.05, 4.69) is 16.7 Å². The number of para-hydroxylation sites is 1. The molecule has 0 saturated carbocycles. The van der Waals surface area contributed by atoms with Crippen molar-refractivity contribution in [1.82, 2.24) is 5.32 Å². The van der Waals surface area contributed by atoms with E-state index in [0.717, 1.165) is 39.1 Å². The number of carbonyl (C=O) groups excluding carboxylic acids is 1. The maximum absolute atomic E-state index is 12.8. The van der Waals surface area contributed by atoms with Crippen molar-refractivity contribution in [2.24, 2.45) is 0 Å². The Morgan fingerprint density at radius 1 is 0.709 bits per heavy atom. The van der Waals surface area contributed by atoms with Crippen molar-refractivity contribution in [2.75, 3.05) is 11.1 Å². The number of hydrogen-bond acceptors (Lipinski definition) is 7. The first-order chi connectivity index (χ1) is 26.9. The van der Waals surface area contributed by atoms with E-state index in [1.54, 1.807) is 36.4 Å². The quantitative estimate of drug-likeness (QED) is 0.0860. The number of aromatic carboxylic acids is 1. The minimum absolute atomic E-state index is 0.0441. The zero-order valence-corrected chi connectivity index (χ0v) is 30.7. The number of thioether (sulfide) groups is 1. The molecule has 7 rings (SSSR count). The van der Waals surface area contributed by atoms with Gasteiger partial charge in [-0.05, 0) is 88.5 Å². The number of urea groups is 1. The number of aliphatic hydroxyl groups excluding tert-OH is 1. The number of carboxylic acids is 1. The molecule has 0 unspecified atom stereocenters. The fourth-order valence-electron chi connectivity index (χ4n) is 6.29. The number of nitrogens with one attached hydrogen (secondary N) is 2. The van der Waals surface area contributed by atoms with Crippen molar-refractivity contribution in [3.63, 3.8) is 0 Å². The second kappa shape index (κ2) is 17.9. The summed E-state index contributed by atoms with van der Waals surface area (Å²) in [4.78, 5) is 25.3. The summed E-state index contributed by atoms with van der Waals surface area (Å²) >= 11 is 1.46. The van der Waals surface area contributed by atoms with Gasteiger partial charge >= 0.3 is 12.0 Å². The summed E-state index contributed by atoms with van der Waals surface area (Å²) in [5, 5.41) is 25.1. The third-order valence-electron chi connectivity index (χ3n) is 9.12. The summed E-state index contributed by atoms with van der Waals surface area (Å²) in [5.41, 5.74) is 6.41. The molecule has 3 atom stereocenters. The highest BCUT2D eigenvalue weighted by Gasteiger charge is 2.32. The smallest absolute Gasteiger partial charge is 0.336 e. The molecular weight excluding hydrogens is 713 g/mol. The molecule has 1 aliphatic heterocycles. The normalized spacial score (nSPS) is 16.6. The van der Waals surface area contributed by atoms with Gasteiger partial charge in [-0.3, -0.25) is 0 Å². The van der Waals surface area contributed by atoms with Gasteiger partial charge in [0.25, 0.3) is 0 Å². The van der Waals surface area contributed by atoms with Crippen molar-refractivity contribution in [1.29, 1.82) is 0 Å². The molecule has 0 aromatic heterocycles. The third-order valence-corrected chi connectivity index (χ3v) is 10.3. The lowest BCUT2D eigenvalue weighted by molar-refractivity contribution is -0.245. The van der Waals surface area contributed by atoms with Gasteiger partial charge in [0.05, 0.1) is 24.4 Å². The molecule has 1 saturated heterocycles. The van der Waals surface area contributed by atoms with E-state index in [4.69, 9.17) is 14.2 Å². The molecule has 1 aliphatic rings. The lowest BCUT2D eigenvalue weighted by atomic mass is 9.99. The molecule has 4 N–H and O–H groups in total. The summed E-state index contributed by atoms with van der Waals surface area (Å²) in [5.74, 6) is 0.978. The van der Waals surface area contributed by atoms with E-state index >= 15 is 0 Å². The first-order valence-electron chi connectivity index (χ1n) is 17.9. The molecule has 0 radical (unpaired) electrons. The lowest BCUT2D eigenvalue weighted by Gasteiger charge is -2.36. The molecule has 10 heteroatoms. The van der Waals surface area contributed by atoms with Crippen molar-refractivity contribution in [2.45, 2.75) is 43.0 Å². The van der Waals surface area contributed by atoms with Gasteiger partial charge in [0.15, 0.2) is 6.29 Å². The van der Waals surface area contributed by atoms with Gasteiger partial charge in [0.2, 0.25) is 0 Å². The van der Waals surface area contributed by atoms with Crippen LogP contribution in [0.2, 0.25) is 0 Å². The summed E-state index contributed by atoms with van der Waals surface area (Å²) < 4.78 is 19.0. The van der Waals surface area contributed by atoms with Crippen LogP contribution in [0.1, 0.15) is 51.4 Å². The fourth-order valence-corrected chi connectivity index (χ4v) is 7.35. The average molecular weight is 753 g/mol. The minimum atomic E-state index is -0.966. The number of carboxylic acid groups (broad SMARTS) is 1. The first kappa shape index (κ1) is 37.4. The molecule has 0 bridgehead atoms. The molecular formula is C45H40N2O7S. The monoisotopic (exact) mass is 752 g/mol. The number of aliphatic hydroxyl groups is 1. The molecule has 0 spiro atoms. The van der Waals surface area contributed by atoms with Crippen LogP contribution in [0.5, 0.6) is 11.5 Å². The first-order valence-corrected chi connectivity index (χ1v) is 18.9. The molecule has 6 aromatic carbocycles. The number of rotatable bonds is 13. The number of carbonyl (C=O) groups is 2. The van der Waals surface area contributed by atoms with Gasteiger partial charge in [0, 0.05) is 34.9 Å². The molecule has 55 heavy (non-hydrogen) atoms. The molecule has 1 heterocycles. The number of hydrogen-bond donors (Lipinski definition) is 4. The predicted molar refractivity (Wildman–Crippen MR) is 213 cm³/mol. The summed E-state index contributed by atoms with van der Waals surface area (Å²) in [6.45, 7) is 0.280. The maximum Gasteiger partial charge on any atom is 0.336 e. The Bertz CT molecular complexity index is 2210. The van der Waals surface area contributed by atoms with Crippen molar-refractivity contribution < 1.29 is 34.0 Å². The van der Waals surface area contributed by atoms with Crippen LogP contribution < -0.4 is 15.4 Å². The number of amides is 2. The molecule has 1 fully saturated rings. The molecule has 6 aromatic rings. The largest absolute Gasteiger partial charge is 0.478 e. The second-order valence-electron chi connectivity index (χ2n) is 13.0. The Hall–Kier alpha value is -5.91. The van der Waals surface area contributed by atoms with E-state index in [9.17, 15) is 19.8 Å². The minimum Gasteiger partial charge on any atom is -0.478 e. The Morgan fingerprint density at radius 3 is 2.18 bits per heavy atom. The highest BCUT2D eigenvalue weighted by Crippen LogP contribution is 2.40. The SMILES string of the molecule is O=C(NCc1cccc(-c2cccc([C@H]3O[C@@H](CSc4ccccc4C(=O)O)C[C@@H](c4ccc(CO)cc4)O3)c2)c1)Nc1ccc(Oc2ccccc2)cc1. The summed E-state index contributed by atoms with van der Waals surface area (Å²) in [6.07, 6.45) is -0.619. The average Bonchev–Trinajstić information content (AvgIpc) is 3.23. The molecule has 2 amide bonds. The van der Waals surface area contributed by atoms with Crippen molar-refractivity contribution >= 4 is 29.4 Å². The molecule has 278 valence electrons. The Morgan fingerprint density at radius 2 is 1.42 bits per heavy atom. The van der Waals surface area contributed by atoms with E-state index in [0.29, 0.717) is 35.1 Å². The Kier molecular flexibility index (Phi) is 12.2. The topological polar surface area (TPSA) is 126 Å².